The van der Waals surface area contributed by atoms with E-state index in [9.17, 15) is 0 Å². The van der Waals surface area contributed by atoms with Crippen molar-refractivity contribution in [2.45, 2.75) is 83.1 Å². The van der Waals surface area contributed by atoms with E-state index in [0.717, 1.165) is 54.8 Å². The first-order valence-electron chi connectivity index (χ1n) is 15.8. The third-order valence-corrected chi connectivity index (χ3v) is 14.2. The van der Waals surface area contributed by atoms with Gasteiger partial charge in [-0.1, -0.05) is 20.8 Å². The number of hydrogen-bond acceptors (Lipinski definition) is 10. The van der Waals surface area contributed by atoms with Crippen LogP contribution >= 0.6 is 0 Å². The Labute approximate surface area is 266 Å². The van der Waals surface area contributed by atoms with Gasteiger partial charge in [-0.3, -0.25) is 0 Å². The van der Waals surface area contributed by atoms with E-state index in [1.54, 1.807) is 27.7 Å². The lowest BCUT2D eigenvalue weighted by atomic mass is 9.93. The highest BCUT2D eigenvalue weighted by Crippen LogP contribution is 2.41. The number of nitrogens with zero attached hydrogens (tertiary/aromatic N) is 7. The molecule has 0 spiro atoms. The van der Waals surface area contributed by atoms with Gasteiger partial charge in [0.1, 0.15) is 12.1 Å². The molecule has 242 valence electrons. The van der Waals surface area contributed by atoms with Crippen molar-refractivity contribution in [3.8, 4) is 22.9 Å². The van der Waals surface area contributed by atoms with Crippen LogP contribution in [0.3, 0.4) is 0 Å². The van der Waals surface area contributed by atoms with E-state index in [-0.39, 0.29) is 11.1 Å². The van der Waals surface area contributed by atoms with Crippen molar-refractivity contribution in [2.75, 3.05) is 44.7 Å². The van der Waals surface area contributed by atoms with Gasteiger partial charge < -0.3 is 33.4 Å². The van der Waals surface area contributed by atoms with E-state index in [2.05, 4.69) is 53.7 Å². The van der Waals surface area contributed by atoms with Crippen LogP contribution in [0.1, 0.15) is 58.9 Å². The minimum absolute atomic E-state index is 0.158. The summed E-state index contributed by atoms with van der Waals surface area (Å²) < 4.78 is 27.3. The summed E-state index contributed by atoms with van der Waals surface area (Å²) in [5.41, 5.74) is 1.67. The zero-order valence-electron chi connectivity index (χ0n) is 27.8. The standard InChI is InChI=1S/C32H46N8O4Si/c1-32(2,3)45(7,8)44-19-22-13-10-14-39(22)29-24-17-34-40(21-11-9-12-21)30(24)37-31(36-29)35-27-18-38(20-33-27)23-15-25(41-4)28(43-6)26(16-23)42-5/h15-18,20-22H,9-14,19H2,1-8H3,(H,35,36,37)/t22-/m0/s1. The zero-order chi connectivity index (χ0) is 31.9. The molecule has 1 aliphatic heterocycles. The molecule has 1 aromatic carbocycles. The number of nitrogens with one attached hydrogen (secondary N) is 1. The number of anilines is 3. The summed E-state index contributed by atoms with van der Waals surface area (Å²) in [6.07, 6.45) is 11.2. The Morgan fingerprint density at radius 3 is 2.33 bits per heavy atom. The van der Waals surface area contributed by atoms with Gasteiger partial charge in [0.05, 0.1) is 63.5 Å². The Balaban J connectivity index is 1.32. The van der Waals surface area contributed by atoms with Gasteiger partial charge in [-0.15, -0.1) is 0 Å². The van der Waals surface area contributed by atoms with E-state index in [1.165, 1.54) is 6.42 Å². The quantitative estimate of drug-likeness (QED) is 0.184. The summed E-state index contributed by atoms with van der Waals surface area (Å²) in [4.78, 5) is 17.1. The molecular weight excluding hydrogens is 588 g/mol. The first-order chi connectivity index (χ1) is 21.5. The number of methoxy groups -OCH3 is 3. The van der Waals surface area contributed by atoms with Gasteiger partial charge in [-0.2, -0.15) is 15.1 Å². The van der Waals surface area contributed by atoms with Crippen LogP contribution in [0.25, 0.3) is 16.7 Å². The highest BCUT2D eigenvalue weighted by Gasteiger charge is 2.39. The second-order valence-electron chi connectivity index (χ2n) is 13.5. The lowest BCUT2D eigenvalue weighted by Gasteiger charge is -2.38. The van der Waals surface area contributed by atoms with Crippen LogP contribution < -0.4 is 24.4 Å². The van der Waals surface area contributed by atoms with Crippen molar-refractivity contribution in [3.05, 3.63) is 30.9 Å². The Morgan fingerprint density at radius 1 is 0.978 bits per heavy atom. The normalized spacial score (nSPS) is 17.5. The Bertz CT molecular complexity index is 1630. The molecule has 1 atom stereocenters. The van der Waals surface area contributed by atoms with Gasteiger partial charge >= 0.3 is 0 Å². The van der Waals surface area contributed by atoms with Gasteiger partial charge in [-0.25, -0.2) is 9.67 Å². The number of ether oxygens (including phenoxy) is 3. The summed E-state index contributed by atoms with van der Waals surface area (Å²) in [5.74, 6) is 3.67. The van der Waals surface area contributed by atoms with E-state index < -0.39 is 8.32 Å². The van der Waals surface area contributed by atoms with Crippen molar-refractivity contribution >= 4 is 36.9 Å². The molecule has 6 rings (SSSR count). The van der Waals surface area contributed by atoms with Crippen molar-refractivity contribution < 1.29 is 18.6 Å². The molecule has 3 aromatic heterocycles. The van der Waals surface area contributed by atoms with Crippen molar-refractivity contribution in [3.63, 3.8) is 0 Å². The largest absolute Gasteiger partial charge is 0.493 e. The number of fused-ring (bicyclic) bond motifs is 1. The monoisotopic (exact) mass is 634 g/mol. The lowest BCUT2D eigenvalue weighted by Crippen LogP contribution is -2.45. The minimum atomic E-state index is -1.89. The first kappa shape index (κ1) is 31.2. The maximum atomic E-state index is 6.71. The van der Waals surface area contributed by atoms with E-state index in [4.69, 9.17) is 33.7 Å². The van der Waals surface area contributed by atoms with Gasteiger partial charge in [0.25, 0.3) is 0 Å². The second kappa shape index (κ2) is 12.2. The highest BCUT2D eigenvalue weighted by molar-refractivity contribution is 6.74. The maximum Gasteiger partial charge on any atom is 0.232 e. The molecule has 0 amide bonds. The van der Waals surface area contributed by atoms with Crippen LogP contribution in [-0.4, -0.2) is 78.1 Å². The molecule has 0 radical (unpaired) electrons. The predicted molar refractivity (Wildman–Crippen MR) is 178 cm³/mol. The third kappa shape index (κ3) is 5.95. The molecule has 45 heavy (non-hydrogen) atoms. The van der Waals surface area contributed by atoms with Gasteiger partial charge in [0.15, 0.2) is 31.3 Å². The average Bonchev–Trinajstić information content (AvgIpc) is 3.74. The SMILES string of the molecule is COc1cc(-n2cnc(Nc3nc(N4CCC[C@H]4CO[Si](C)(C)C(C)(C)C)c4cnn(C5CCC5)c4n3)c2)cc(OC)c1OC. The van der Waals surface area contributed by atoms with Crippen LogP contribution in [0.2, 0.25) is 18.1 Å². The smallest absolute Gasteiger partial charge is 0.232 e. The molecular formula is C32H46N8O4Si. The molecule has 1 N–H and O–H groups in total. The molecule has 13 heteroatoms. The summed E-state index contributed by atoms with van der Waals surface area (Å²) in [5, 5.41) is 9.33. The molecule has 1 saturated heterocycles. The second-order valence-corrected chi connectivity index (χ2v) is 18.3. The van der Waals surface area contributed by atoms with Gasteiger partial charge in [0.2, 0.25) is 11.7 Å². The van der Waals surface area contributed by atoms with Crippen LogP contribution in [-0.2, 0) is 4.43 Å². The highest BCUT2D eigenvalue weighted by atomic mass is 28.4. The Hall–Kier alpha value is -3.84. The van der Waals surface area contributed by atoms with Crippen LogP contribution in [0.5, 0.6) is 17.2 Å². The molecule has 0 unspecified atom stereocenters. The molecule has 4 heterocycles. The Kier molecular flexibility index (Phi) is 8.42. The Morgan fingerprint density at radius 2 is 1.71 bits per heavy atom. The van der Waals surface area contributed by atoms with E-state index in [0.29, 0.717) is 41.7 Å². The first-order valence-corrected chi connectivity index (χ1v) is 18.7. The number of rotatable bonds is 11. The van der Waals surface area contributed by atoms with Crippen LogP contribution in [0.4, 0.5) is 17.6 Å². The average molecular weight is 635 g/mol. The molecule has 1 aliphatic carbocycles. The van der Waals surface area contributed by atoms with Gasteiger partial charge in [0, 0.05) is 18.7 Å². The minimum Gasteiger partial charge on any atom is -0.493 e. The third-order valence-electron chi connectivity index (χ3n) is 9.72. The summed E-state index contributed by atoms with van der Waals surface area (Å²) in [6.45, 7) is 13.1. The van der Waals surface area contributed by atoms with Crippen LogP contribution in [0.15, 0.2) is 30.9 Å². The maximum absolute atomic E-state index is 6.71. The summed E-state index contributed by atoms with van der Waals surface area (Å²) in [6, 6.07) is 4.37. The number of benzene rings is 1. The number of aromatic nitrogens is 6. The molecule has 12 nitrogen and oxygen atoms in total. The van der Waals surface area contributed by atoms with E-state index >= 15 is 0 Å². The number of imidazole rings is 1. The molecule has 0 bridgehead atoms. The van der Waals surface area contributed by atoms with Crippen LogP contribution in [0, 0.1) is 0 Å². The van der Waals surface area contributed by atoms with Crippen molar-refractivity contribution in [1.82, 2.24) is 29.3 Å². The molecule has 1 saturated carbocycles. The molecule has 4 aromatic rings. The summed E-state index contributed by atoms with van der Waals surface area (Å²) >= 11 is 0. The summed E-state index contributed by atoms with van der Waals surface area (Å²) in [7, 11) is 2.90. The number of hydrogen-bond donors (Lipinski definition) is 1. The molecule has 2 aliphatic rings. The molecule has 2 fully saturated rings. The van der Waals surface area contributed by atoms with Gasteiger partial charge in [-0.05, 0) is 50.2 Å². The van der Waals surface area contributed by atoms with Crippen molar-refractivity contribution in [1.29, 1.82) is 0 Å². The zero-order valence-corrected chi connectivity index (χ0v) is 28.8. The van der Waals surface area contributed by atoms with Crippen molar-refractivity contribution in [2.24, 2.45) is 0 Å². The fourth-order valence-electron chi connectivity index (χ4n) is 5.75. The fourth-order valence-corrected chi connectivity index (χ4v) is 6.79. The lowest BCUT2D eigenvalue weighted by molar-refractivity contribution is 0.263. The fraction of sp³-hybridized carbons (Fsp3) is 0.562. The van der Waals surface area contributed by atoms with E-state index in [1.807, 2.05) is 29.1 Å². The topological polar surface area (TPSA) is 114 Å². The predicted octanol–water partition coefficient (Wildman–Crippen LogP) is 6.50.